The van der Waals surface area contributed by atoms with Crippen LogP contribution in [0.4, 0.5) is 4.39 Å². The van der Waals surface area contributed by atoms with E-state index in [1.807, 2.05) is 36.2 Å². The lowest BCUT2D eigenvalue weighted by Crippen LogP contribution is -2.18. The SMILES string of the molecule is CN(Cc1cccc(C(N)=S)c1)Cc1ccc(Cl)cc1F. The van der Waals surface area contributed by atoms with Crippen molar-refractivity contribution in [3.63, 3.8) is 0 Å². The first kappa shape index (κ1) is 15.9. The predicted molar refractivity (Wildman–Crippen MR) is 88.9 cm³/mol. The van der Waals surface area contributed by atoms with E-state index in [1.165, 1.54) is 6.07 Å². The van der Waals surface area contributed by atoms with Gasteiger partial charge in [0.1, 0.15) is 10.8 Å². The highest BCUT2D eigenvalue weighted by Gasteiger charge is 2.08. The summed E-state index contributed by atoms with van der Waals surface area (Å²) in [6.07, 6.45) is 0. The molecule has 2 nitrogen and oxygen atoms in total. The van der Waals surface area contributed by atoms with Gasteiger partial charge in [-0.1, -0.05) is 48.1 Å². The van der Waals surface area contributed by atoms with E-state index in [0.717, 1.165) is 11.1 Å². The maximum absolute atomic E-state index is 13.8. The summed E-state index contributed by atoms with van der Waals surface area (Å²) in [6.45, 7) is 1.18. The molecule has 0 unspecified atom stereocenters. The third-order valence-electron chi connectivity index (χ3n) is 3.12. The lowest BCUT2D eigenvalue weighted by Gasteiger charge is -2.17. The average molecular weight is 323 g/mol. The van der Waals surface area contributed by atoms with Crippen LogP contribution in [0.1, 0.15) is 16.7 Å². The first-order chi connectivity index (χ1) is 9.95. The fourth-order valence-electron chi connectivity index (χ4n) is 2.13. The van der Waals surface area contributed by atoms with Crippen LogP contribution in [0.2, 0.25) is 5.02 Å². The Morgan fingerprint density at radius 2 is 2.00 bits per heavy atom. The van der Waals surface area contributed by atoms with Crippen LogP contribution in [0.3, 0.4) is 0 Å². The van der Waals surface area contributed by atoms with Crippen LogP contribution < -0.4 is 5.73 Å². The molecule has 0 aliphatic rings. The van der Waals surface area contributed by atoms with Gasteiger partial charge >= 0.3 is 0 Å². The first-order valence-electron chi connectivity index (χ1n) is 6.47. The molecule has 0 atom stereocenters. The molecule has 2 rings (SSSR count). The molecule has 0 radical (unpaired) electrons. The quantitative estimate of drug-likeness (QED) is 0.850. The van der Waals surface area contributed by atoms with Gasteiger partial charge in [-0.2, -0.15) is 0 Å². The number of halogens is 2. The van der Waals surface area contributed by atoms with Crippen molar-refractivity contribution >= 4 is 28.8 Å². The Balaban J connectivity index is 2.06. The number of thiocarbonyl (C=S) groups is 1. The number of nitrogens with zero attached hydrogens (tertiary/aromatic N) is 1. The van der Waals surface area contributed by atoms with Gasteiger partial charge in [0.25, 0.3) is 0 Å². The van der Waals surface area contributed by atoms with Crippen LogP contribution in [0, 0.1) is 5.82 Å². The van der Waals surface area contributed by atoms with E-state index in [0.29, 0.717) is 28.7 Å². The summed E-state index contributed by atoms with van der Waals surface area (Å²) in [5.74, 6) is -0.286. The monoisotopic (exact) mass is 322 g/mol. The summed E-state index contributed by atoms with van der Waals surface area (Å²) in [4.78, 5) is 2.40. The van der Waals surface area contributed by atoms with Gasteiger partial charge in [0.15, 0.2) is 0 Å². The van der Waals surface area contributed by atoms with Gasteiger partial charge in [-0.25, -0.2) is 4.39 Å². The number of hydrogen-bond donors (Lipinski definition) is 1. The second-order valence-electron chi connectivity index (χ2n) is 4.97. The molecule has 0 heterocycles. The minimum absolute atomic E-state index is 0.286. The fraction of sp³-hybridized carbons (Fsp3) is 0.188. The molecule has 110 valence electrons. The third-order valence-corrected chi connectivity index (χ3v) is 3.59. The van der Waals surface area contributed by atoms with Crippen molar-refractivity contribution in [1.29, 1.82) is 0 Å². The normalized spacial score (nSPS) is 10.9. The maximum atomic E-state index is 13.8. The molecule has 0 aliphatic carbocycles. The third kappa shape index (κ3) is 4.49. The van der Waals surface area contributed by atoms with E-state index in [1.54, 1.807) is 12.1 Å². The van der Waals surface area contributed by atoms with Gasteiger partial charge in [0.2, 0.25) is 0 Å². The average Bonchev–Trinajstić information content (AvgIpc) is 2.42. The van der Waals surface area contributed by atoms with Crippen molar-refractivity contribution in [3.8, 4) is 0 Å². The summed E-state index contributed by atoms with van der Waals surface area (Å²) in [6, 6.07) is 12.5. The van der Waals surface area contributed by atoms with Gasteiger partial charge < -0.3 is 5.73 Å². The van der Waals surface area contributed by atoms with Crippen molar-refractivity contribution in [2.45, 2.75) is 13.1 Å². The van der Waals surface area contributed by atoms with Crippen LogP contribution in [0.5, 0.6) is 0 Å². The molecule has 0 amide bonds. The molecule has 0 aromatic heterocycles. The zero-order chi connectivity index (χ0) is 15.4. The van der Waals surface area contributed by atoms with Gasteiger partial charge in [0, 0.05) is 29.2 Å². The van der Waals surface area contributed by atoms with Crippen LogP contribution in [0.25, 0.3) is 0 Å². The van der Waals surface area contributed by atoms with Crippen molar-refractivity contribution in [2.24, 2.45) is 5.73 Å². The Hall–Kier alpha value is -1.49. The summed E-state index contributed by atoms with van der Waals surface area (Å²) < 4.78 is 13.8. The zero-order valence-corrected chi connectivity index (χ0v) is 13.2. The Labute approximate surface area is 134 Å². The molecule has 0 saturated carbocycles. The van der Waals surface area contributed by atoms with E-state index in [2.05, 4.69) is 0 Å². The molecule has 2 aromatic rings. The number of rotatable bonds is 5. The van der Waals surface area contributed by atoms with E-state index >= 15 is 0 Å². The highest BCUT2D eigenvalue weighted by atomic mass is 35.5. The highest BCUT2D eigenvalue weighted by Crippen LogP contribution is 2.17. The minimum Gasteiger partial charge on any atom is -0.389 e. The lowest BCUT2D eigenvalue weighted by molar-refractivity contribution is 0.313. The van der Waals surface area contributed by atoms with Crippen molar-refractivity contribution < 1.29 is 4.39 Å². The Morgan fingerprint density at radius 1 is 1.24 bits per heavy atom. The molecule has 2 N–H and O–H groups in total. The highest BCUT2D eigenvalue weighted by molar-refractivity contribution is 7.80. The van der Waals surface area contributed by atoms with E-state index in [4.69, 9.17) is 29.6 Å². The van der Waals surface area contributed by atoms with Crippen molar-refractivity contribution in [1.82, 2.24) is 4.90 Å². The number of benzene rings is 2. The number of hydrogen-bond acceptors (Lipinski definition) is 2. The molecular formula is C16H16ClFN2S. The standard InChI is InChI=1S/C16H16ClFN2S/c1-20(10-13-5-6-14(17)8-15(13)18)9-11-3-2-4-12(7-11)16(19)21/h2-8H,9-10H2,1H3,(H2,19,21). The molecule has 0 bridgehead atoms. The molecule has 2 aromatic carbocycles. The lowest BCUT2D eigenvalue weighted by atomic mass is 10.1. The largest absolute Gasteiger partial charge is 0.389 e. The minimum atomic E-state index is -0.286. The summed E-state index contributed by atoms with van der Waals surface area (Å²) >= 11 is 10.7. The molecule has 21 heavy (non-hydrogen) atoms. The van der Waals surface area contributed by atoms with Gasteiger partial charge in [0.05, 0.1) is 0 Å². The van der Waals surface area contributed by atoms with Crippen LogP contribution in [-0.2, 0) is 13.1 Å². The summed E-state index contributed by atoms with van der Waals surface area (Å²) in [5.41, 5.74) is 8.17. The predicted octanol–water partition coefficient (Wildman–Crippen LogP) is 3.75. The molecular weight excluding hydrogens is 307 g/mol. The topological polar surface area (TPSA) is 29.3 Å². The summed E-state index contributed by atoms with van der Waals surface area (Å²) in [5, 5.41) is 0.406. The van der Waals surface area contributed by atoms with Gasteiger partial charge in [-0.05, 0) is 30.8 Å². The zero-order valence-electron chi connectivity index (χ0n) is 11.6. The molecule has 0 saturated heterocycles. The maximum Gasteiger partial charge on any atom is 0.129 e. The van der Waals surface area contributed by atoms with E-state index in [-0.39, 0.29) is 5.82 Å². The van der Waals surface area contributed by atoms with Crippen LogP contribution in [0.15, 0.2) is 42.5 Å². The Kier molecular flexibility index (Phi) is 5.28. The second-order valence-corrected chi connectivity index (χ2v) is 5.85. The van der Waals surface area contributed by atoms with E-state index in [9.17, 15) is 4.39 Å². The fourth-order valence-corrected chi connectivity index (χ4v) is 2.42. The van der Waals surface area contributed by atoms with Crippen molar-refractivity contribution in [3.05, 3.63) is 70.0 Å². The summed E-state index contributed by atoms with van der Waals surface area (Å²) in [7, 11) is 1.93. The molecule has 0 aliphatic heterocycles. The second kappa shape index (κ2) is 6.98. The van der Waals surface area contributed by atoms with Crippen LogP contribution >= 0.6 is 23.8 Å². The smallest absolute Gasteiger partial charge is 0.129 e. The molecule has 0 fully saturated rings. The van der Waals surface area contributed by atoms with Gasteiger partial charge in [-0.15, -0.1) is 0 Å². The van der Waals surface area contributed by atoms with Crippen LogP contribution in [-0.4, -0.2) is 16.9 Å². The van der Waals surface area contributed by atoms with E-state index < -0.39 is 0 Å². The van der Waals surface area contributed by atoms with Crippen molar-refractivity contribution in [2.75, 3.05) is 7.05 Å². The number of nitrogens with two attached hydrogens (primary N) is 1. The molecule has 5 heteroatoms. The Bertz CT molecular complexity index is 660. The van der Waals surface area contributed by atoms with Gasteiger partial charge in [-0.3, -0.25) is 4.90 Å². The first-order valence-corrected chi connectivity index (χ1v) is 7.25. The molecule has 0 spiro atoms. The Morgan fingerprint density at radius 3 is 2.67 bits per heavy atom.